The highest BCUT2D eigenvalue weighted by atomic mass is 16.2. The quantitative estimate of drug-likeness (QED) is 0.631. The zero-order chi connectivity index (χ0) is 20.2. The molecule has 4 rings (SSSR count). The highest BCUT2D eigenvalue weighted by Gasteiger charge is 2.46. The number of barbiturate groups is 1. The van der Waals surface area contributed by atoms with Crippen molar-refractivity contribution in [3.8, 4) is 0 Å². The number of benzene rings is 2. The fraction of sp³-hybridized carbons (Fsp3) is 0.130. The van der Waals surface area contributed by atoms with E-state index < -0.39 is 23.8 Å². The van der Waals surface area contributed by atoms with Crippen LogP contribution < -0.4 is 4.90 Å². The fourth-order valence-corrected chi connectivity index (χ4v) is 3.39. The molecule has 4 amide bonds. The van der Waals surface area contributed by atoms with E-state index in [1.807, 2.05) is 36.4 Å². The Morgan fingerprint density at radius 3 is 2.07 bits per heavy atom. The molecule has 144 valence electrons. The molecule has 6 nitrogen and oxygen atoms in total. The van der Waals surface area contributed by atoms with Crippen LogP contribution in [0.3, 0.4) is 0 Å². The number of anilines is 1. The highest BCUT2D eigenvalue weighted by Crippen LogP contribution is 2.27. The Bertz CT molecular complexity index is 960. The van der Waals surface area contributed by atoms with E-state index >= 15 is 0 Å². The maximum absolute atomic E-state index is 13.2. The van der Waals surface area contributed by atoms with Gasteiger partial charge < -0.3 is 0 Å². The van der Waals surface area contributed by atoms with Gasteiger partial charge >= 0.3 is 6.03 Å². The molecule has 1 fully saturated rings. The summed E-state index contributed by atoms with van der Waals surface area (Å²) < 4.78 is 0. The summed E-state index contributed by atoms with van der Waals surface area (Å²) in [6.45, 7) is 0.105. The van der Waals surface area contributed by atoms with Gasteiger partial charge in [-0.3, -0.25) is 19.5 Å². The zero-order valence-electron chi connectivity index (χ0n) is 15.6. The Hall–Kier alpha value is -3.80. The number of pyridine rings is 1. The van der Waals surface area contributed by atoms with Crippen LogP contribution in [0.5, 0.6) is 0 Å². The number of amides is 4. The predicted octanol–water partition coefficient (Wildman–Crippen LogP) is 3.44. The number of aromatic nitrogens is 1. The van der Waals surface area contributed by atoms with Gasteiger partial charge in [-0.15, -0.1) is 0 Å². The van der Waals surface area contributed by atoms with E-state index in [1.54, 1.807) is 48.7 Å². The van der Waals surface area contributed by atoms with Gasteiger partial charge in [-0.05, 0) is 29.8 Å². The summed E-state index contributed by atoms with van der Waals surface area (Å²) in [5.74, 6) is -2.03. The van der Waals surface area contributed by atoms with Gasteiger partial charge in [-0.2, -0.15) is 0 Å². The summed E-state index contributed by atoms with van der Waals surface area (Å²) in [6, 6.07) is 22.6. The Balaban J connectivity index is 1.71. The normalized spacial score (nSPS) is 17.0. The molecule has 0 bridgehead atoms. The molecule has 1 atom stereocenters. The number of imide groups is 2. The number of hydrogen-bond donors (Lipinski definition) is 0. The van der Waals surface area contributed by atoms with Gasteiger partial charge in [0.25, 0.3) is 0 Å². The molecule has 2 aromatic carbocycles. The average molecular weight is 385 g/mol. The SMILES string of the molecule is O=C1C(Cc2ccccn2)C(=O)N(c2ccccc2)C(=O)N1Cc1ccccc1. The van der Waals surface area contributed by atoms with Gasteiger partial charge in [-0.25, -0.2) is 9.69 Å². The first-order valence-corrected chi connectivity index (χ1v) is 9.33. The average Bonchev–Trinajstić information content (AvgIpc) is 2.77. The Morgan fingerprint density at radius 1 is 0.759 bits per heavy atom. The van der Waals surface area contributed by atoms with E-state index in [0.717, 1.165) is 15.4 Å². The molecule has 1 aromatic heterocycles. The molecule has 2 heterocycles. The van der Waals surface area contributed by atoms with Crippen molar-refractivity contribution < 1.29 is 14.4 Å². The lowest BCUT2D eigenvalue weighted by Crippen LogP contribution is -2.60. The lowest BCUT2D eigenvalue weighted by atomic mass is 9.96. The topological polar surface area (TPSA) is 70.6 Å². The third kappa shape index (κ3) is 3.78. The van der Waals surface area contributed by atoms with Crippen LogP contribution in [0.4, 0.5) is 10.5 Å². The summed E-state index contributed by atoms with van der Waals surface area (Å²) in [6.07, 6.45) is 1.76. The lowest BCUT2D eigenvalue weighted by Gasteiger charge is -2.37. The van der Waals surface area contributed by atoms with E-state index in [9.17, 15) is 14.4 Å². The number of nitrogens with zero attached hydrogens (tertiary/aromatic N) is 3. The van der Waals surface area contributed by atoms with Crippen LogP contribution in [0.1, 0.15) is 11.3 Å². The zero-order valence-corrected chi connectivity index (χ0v) is 15.6. The van der Waals surface area contributed by atoms with E-state index in [0.29, 0.717) is 11.4 Å². The van der Waals surface area contributed by atoms with Crippen molar-refractivity contribution in [2.75, 3.05) is 4.90 Å². The van der Waals surface area contributed by atoms with E-state index in [-0.39, 0.29) is 13.0 Å². The maximum Gasteiger partial charge on any atom is 0.338 e. The molecule has 3 aromatic rings. The molecular weight excluding hydrogens is 366 g/mol. The molecular formula is C23H19N3O3. The Kier molecular flexibility index (Phi) is 5.16. The number of rotatable bonds is 5. The first-order chi connectivity index (χ1) is 14.1. The lowest BCUT2D eigenvalue weighted by molar-refractivity contribution is -0.141. The van der Waals surface area contributed by atoms with Crippen LogP contribution in [0.25, 0.3) is 0 Å². The molecule has 1 unspecified atom stereocenters. The number of hydrogen-bond acceptors (Lipinski definition) is 4. The van der Waals surface area contributed by atoms with Crippen molar-refractivity contribution in [2.24, 2.45) is 5.92 Å². The number of para-hydroxylation sites is 1. The molecule has 1 saturated heterocycles. The molecule has 1 aliphatic rings. The Morgan fingerprint density at radius 2 is 1.41 bits per heavy atom. The van der Waals surface area contributed by atoms with Crippen LogP contribution in [-0.2, 0) is 22.6 Å². The summed E-state index contributed by atoms with van der Waals surface area (Å²) in [7, 11) is 0. The number of carbonyl (C=O) groups is 3. The minimum atomic E-state index is -1.01. The van der Waals surface area contributed by atoms with Crippen molar-refractivity contribution in [1.82, 2.24) is 9.88 Å². The molecule has 0 spiro atoms. The minimum Gasteiger partial charge on any atom is -0.273 e. The predicted molar refractivity (Wildman–Crippen MR) is 108 cm³/mol. The van der Waals surface area contributed by atoms with E-state index in [4.69, 9.17) is 0 Å². The minimum absolute atomic E-state index is 0.105. The Labute approximate surface area is 168 Å². The third-order valence-electron chi connectivity index (χ3n) is 4.84. The standard InChI is InChI=1S/C23H19N3O3/c27-21-20(15-18-11-7-8-14-24-18)22(28)26(19-12-5-2-6-13-19)23(29)25(21)16-17-9-3-1-4-10-17/h1-14,20H,15-16H2. The summed E-state index contributed by atoms with van der Waals surface area (Å²) in [4.78, 5) is 46.0. The van der Waals surface area contributed by atoms with Crippen LogP contribution in [0, 0.1) is 5.92 Å². The first-order valence-electron chi connectivity index (χ1n) is 9.33. The summed E-state index contributed by atoms with van der Waals surface area (Å²) in [5.41, 5.74) is 1.88. The third-order valence-corrected chi connectivity index (χ3v) is 4.84. The smallest absolute Gasteiger partial charge is 0.273 e. The fourth-order valence-electron chi connectivity index (χ4n) is 3.39. The second kappa shape index (κ2) is 8.06. The van der Waals surface area contributed by atoms with Crippen LogP contribution >= 0.6 is 0 Å². The van der Waals surface area contributed by atoms with Gasteiger partial charge in [-0.1, -0.05) is 54.6 Å². The molecule has 0 saturated carbocycles. The van der Waals surface area contributed by atoms with Gasteiger partial charge in [0.2, 0.25) is 11.8 Å². The monoisotopic (exact) mass is 385 g/mol. The van der Waals surface area contributed by atoms with Gasteiger partial charge in [0, 0.05) is 18.3 Å². The van der Waals surface area contributed by atoms with Crippen LogP contribution in [-0.4, -0.2) is 27.7 Å². The van der Waals surface area contributed by atoms with E-state index in [1.165, 1.54) is 0 Å². The van der Waals surface area contributed by atoms with Crippen LogP contribution in [0.15, 0.2) is 85.1 Å². The van der Waals surface area contributed by atoms with Crippen molar-refractivity contribution in [3.05, 3.63) is 96.3 Å². The first kappa shape index (κ1) is 18.6. The molecule has 0 N–H and O–H groups in total. The summed E-state index contributed by atoms with van der Waals surface area (Å²) in [5, 5.41) is 0. The van der Waals surface area contributed by atoms with E-state index in [2.05, 4.69) is 4.98 Å². The maximum atomic E-state index is 13.2. The van der Waals surface area contributed by atoms with Crippen molar-refractivity contribution >= 4 is 23.5 Å². The largest absolute Gasteiger partial charge is 0.338 e. The summed E-state index contributed by atoms with van der Waals surface area (Å²) >= 11 is 0. The number of carbonyl (C=O) groups excluding carboxylic acids is 3. The molecule has 6 heteroatoms. The van der Waals surface area contributed by atoms with Crippen molar-refractivity contribution in [2.45, 2.75) is 13.0 Å². The van der Waals surface area contributed by atoms with Gasteiger partial charge in [0.1, 0.15) is 5.92 Å². The second-order valence-electron chi connectivity index (χ2n) is 6.78. The molecule has 0 radical (unpaired) electrons. The second-order valence-corrected chi connectivity index (χ2v) is 6.78. The van der Waals surface area contributed by atoms with Crippen molar-refractivity contribution in [3.63, 3.8) is 0 Å². The molecule has 1 aliphatic heterocycles. The molecule has 0 aliphatic carbocycles. The number of urea groups is 1. The molecule has 29 heavy (non-hydrogen) atoms. The van der Waals surface area contributed by atoms with Gasteiger partial charge in [0.15, 0.2) is 0 Å². The van der Waals surface area contributed by atoms with Gasteiger partial charge in [0.05, 0.1) is 12.2 Å². The van der Waals surface area contributed by atoms with Crippen molar-refractivity contribution in [1.29, 1.82) is 0 Å². The van der Waals surface area contributed by atoms with Crippen LogP contribution in [0.2, 0.25) is 0 Å². The highest BCUT2D eigenvalue weighted by molar-refractivity contribution is 6.27.